The molecular weight excluding hydrogens is 254 g/mol. The van der Waals surface area contributed by atoms with Crippen molar-refractivity contribution in [3.63, 3.8) is 0 Å². The van der Waals surface area contributed by atoms with E-state index in [1.54, 1.807) is 0 Å². The Kier molecular flexibility index (Phi) is 12.8. The van der Waals surface area contributed by atoms with Crippen LogP contribution < -0.4 is 0 Å². The van der Waals surface area contributed by atoms with Crippen LogP contribution in [-0.4, -0.2) is 0 Å². The summed E-state index contributed by atoms with van der Waals surface area (Å²) in [6.45, 7) is 12.0. The fraction of sp³-hybridized carbons (Fsp3) is 0.650. The van der Waals surface area contributed by atoms with Crippen molar-refractivity contribution in [2.24, 2.45) is 5.92 Å². The van der Waals surface area contributed by atoms with Gasteiger partial charge in [-0.25, -0.2) is 0 Å². The van der Waals surface area contributed by atoms with E-state index in [1.165, 1.54) is 51.4 Å². The van der Waals surface area contributed by atoms with Crippen LogP contribution >= 0.6 is 0 Å². The second-order valence-corrected chi connectivity index (χ2v) is 6.10. The van der Waals surface area contributed by atoms with Gasteiger partial charge in [0, 0.05) is 11.5 Å². The minimum Gasteiger partial charge on any atom is -0.193 e. The molecule has 0 aromatic rings. The van der Waals surface area contributed by atoms with E-state index in [2.05, 4.69) is 38.3 Å². The summed E-state index contributed by atoms with van der Waals surface area (Å²) < 4.78 is 0. The normalized spacial score (nSPS) is 12.2. The zero-order valence-electron chi connectivity index (χ0n) is 14.2. The summed E-state index contributed by atoms with van der Waals surface area (Å²) in [7, 11) is 0. The summed E-state index contributed by atoms with van der Waals surface area (Å²) in [5.41, 5.74) is 1.75. The number of hydrogen-bond acceptors (Lipinski definition) is 1. The lowest BCUT2D eigenvalue weighted by Gasteiger charge is -2.10. The largest absolute Gasteiger partial charge is 0.193 e. The highest BCUT2D eigenvalue weighted by atomic mass is 14.3. The van der Waals surface area contributed by atoms with Crippen molar-refractivity contribution < 1.29 is 0 Å². The van der Waals surface area contributed by atoms with Crippen LogP contribution in [0.25, 0.3) is 0 Å². The van der Waals surface area contributed by atoms with Crippen LogP contribution in [0.3, 0.4) is 0 Å². The average Bonchev–Trinajstić information content (AvgIpc) is 2.46. The van der Waals surface area contributed by atoms with E-state index < -0.39 is 0 Å². The zero-order chi connectivity index (χ0) is 15.9. The molecule has 0 aliphatic rings. The van der Waals surface area contributed by atoms with Crippen molar-refractivity contribution >= 4 is 0 Å². The van der Waals surface area contributed by atoms with Crippen LogP contribution in [0.2, 0.25) is 0 Å². The first-order valence-electron chi connectivity index (χ1n) is 8.51. The van der Waals surface area contributed by atoms with E-state index in [0.29, 0.717) is 5.57 Å². The lowest BCUT2D eigenvalue weighted by Crippen LogP contribution is -1.99. The molecule has 0 aliphatic heterocycles. The SMILES string of the molecule is C=C(C)CC(/C=C/CCCCCCCCCC)C(=C)C#N. The van der Waals surface area contributed by atoms with E-state index in [0.717, 1.165) is 18.4 Å². The molecule has 0 saturated heterocycles. The maximum atomic E-state index is 8.97. The van der Waals surface area contributed by atoms with Crippen molar-refractivity contribution in [1.29, 1.82) is 5.26 Å². The molecule has 1 atom stereocenters. The molecule has 118 valence electrons. The molecule has 0 amide bonds. The Morgan fingerprint density at radius 1 is 1.05 bits per heavy atom. The van der Waals surface area contributed by atoms with Crippen LogP contribution in [-0.2, 0) is 0 Å². The van der Waals surface area contributed by atoms with Gasteiger partial charge in [0.1, 0.15) is 0 Å². The van der Waals surface area contributed by atoms with E-state index in [4.69, 9.17) is 5.26 Å². The number of rotatable bonds is 13. The van der Waals surface area contributed by atoms with E-state index >= 15 is 0 Å². The summed E-state index contributed by atoms with van der Waals surface area (Å²) >= 11 is 0. The smallest absolute Gasteiger partial charge is 0.0947 e. The van der Waals surface area contributed by atoms with Crippen molar-refractivity contribution in [2.45, 2.75) is 78.1 Å². The summed E-state index contributed by atoms with van der Waals surface area (Å²) in [5, 5.41) is 8.97. The topological polar surface area (TPSA) is 23.8 Å². The second kappa shape index (κ2) is 13.7. The van der Waals surface area contributed by atoms with Crippen LogP contribution in [0.1, 0.15) is 78.1 Å². The summed E-state index contributed by atoms with van der Waals surface area (Å²) in [6, 6.07) is 2.17. The summed E-state index contributed by atoms with van der Waals surface area (Å²) in [4.78, 5) is 0. The third kappa shape index (κ3) is 12.2. The molecule has 0 spiro atoms. The molecule has 1 nitrogen and oxygen atoms in total. The molecule has 0 rings (SSSR count). The molecule has 0 aromatic heterocycles. The highest BCUT2D eigenvalue weighted by molar-refractivity contribution is 5.25. The molecule has 0 bridgehead atoms. The highest BCUT2D eigenvalue weighted by Crippen LogP contribution is 2.19. The van der Waals surface area contributed by atoms with Gasteiger partial charge in [0.25, 0.3) is 0 Å². The quantitative estimate of drug-likeness (QED) is 0.209. The lowest BCUT2D eigenvalue weighted by atomic mass is 9.93. The first-order chi connectivity index (χ1) is 10.1. The first-order valence-corrected chi connectivity index (χ1v) is 8.51. The van der Waals surface area contributed by atoms with E-state index in [9.17, 15) is 0 Å². The Bertz CT molecular complexity index is 357. The van der Waals surface area contributed by atoms with Crippen LogP contribution in [0, 0.1) is 17.2 Å². The average molecular weight is 287 g/mol. The minimum absolute atomic E-state index is 0.140. The van der Waals surface area contributed by atoms with Gasteiger partial charge in [0.15, 0.2) is 0 Å². The Morgan fingerprint density at radius 2 is 1.62 bits per heavy atom. The van der Waals surface area contributed by atoms with Gasteiger partial charge in [-0.3, -0.25) is 0 Å². The van der Waals surface area contributed by atoms with E-state index in [1.807, 2.05) is 6.92 Å². The fourth-order valence-corrected chi connectivity index (χ4v) is 2.42. The molecule has 21 heavy (non-hydrogen) atoms. The third-order valence-electron chi connectivity index (χ3n) is 3.75. The second-order valence-electron chi connectivity index (χ2n) is 6.10. The van der Waals surface area contributed by atoms with Crippen molar-refractivity contribution in [3.8, 4) is 6.07 Å². The monoisotopic (exact) mass is 287 g/mol. The number of nitrogens with zero attached hydrogens (tertiary/aromatic N) is 1. The number of nitriles is 1. The zero-order valence-corrected chi connectivity index (χ0v) is 14.2. The summed E-state index contributed by atoms with van der Waals surface area (Å²) in [5.74, 6) is 0.140. The minimum atomic E-state index is 0.140. The lowest BCUT2D eigenvalue weighted by molar-refractivity contribution is 0.577. The maximum Gasteiger partial charge on any atom is 0.0947 e. The molecular formula is C20H33N. The molecule has 1 heteroatoms. The first kappa shape index (κ1) is 19.7. The Morgan fingerprint density at radius 3 is 2.14 bits per heavy atom. The molecule has 0 heterocycles. The Hall–Kier alpha value is -1.29. The van der Waals surface area contributed by atoms with Gasteiger partial charge in [-0.1, -0.05) is 76.2 Å². The fourth-order valence-electron chi connectivity index (χ4n) is 2.42. The molecule has 0 fully saturated rings. The molecule has 0 saturated carbocycles. The van der Waals surface area contributed by atoms with E-state index in [-0.39, 0.29) is 5.92 Å². The molecule has 0 radical (unpaired) electrons. The van der Waals surface area contributed by atoms with Gasteiger partial charge in [0.2, 0.25) is 0 Å². The van der Waals surface area contributed by atoms with Crippen molar-refractivity contribution in [1.82, 2.24) is 0 Å². The molecule has 0 aromatic carbocycles. The van der Waals surface area contributed by atoms with Gasteiger partial charge >= 0.3 is 0 Å². The maximum absolute atomic E-state index is 8.97. The third-order valence-corrected chi connectivity index (χ3v) is 3.75. The van der Waals surface area contributed by atoms with Crippen LogP contribution in [0.5, 0.6) is 0 Å². The number of unbranched alkanes of at least 4 members (excludes halogenated alkanes) is 8. The van der Waals surface area contributed by atoms with Crippen molar-refractivity contribution in [2.75, 3.05) is 0 Å². The number of allylic oxidation sites excluding steroid dienone is 4. The van der Waals surface area contributed by atoms with Crippen LogP contribution in [0.4, 0.5) is 0 Å². The van der Waals surface area contributed by atoms with Crippen LogP contribution in [0.15, 0.2) is 36.5 Å². The molecule has 0 aliphatic carbocycles. The Balaban J connectivity index is 3.74. The Labute approximate surface area is 132 Å². The van der Waals surface area contributed by atoms with Gasteiger partial charge in [-0.05, 0) is 26.2 Å². The number of hydrogen-bond donors (Lipinski definition) is 0. The predicted octanol–water partition coefficient (Wildman–Crippen LogP) is 6.74. The van der Waals surface area contributed by atoms with Gasteiger partial charge in [-0.2, -0.15) is 5.26 Å². The van der Waals surface area contributed by atoms with Gasteiger partial charge in [0.05, 0.1) is 6.07 Å². The standard InChI is InChI=1S/C20H33N/c1-5-6-7-8-9-10-11-12-13-14-15-20(16-18(2)3)19(4)17-21/h14-15,20H,2,4-13,16H2,1,3H3/b15-14+. The summed E-state index contributed by atoms with van der Waals surface area (Å²) in [6.07, 6.45) is 17.1. The van der Waals surface area contributed by atoms with Gasteiger partial charge < -0.3 is 0 Å². The molecule has 1 unspecified atom stereocenters. The predicted molar refractivity (Wildman–Crippen MR) is 94.0 cm³/mol. The molecule has 0 N–H and O–H groups in total. The van der Waals surface area contributed by atoms with Crippen molar-refractivity contribution in [3.05, 3.63) is 36.5 Å². The van der Waals surface area contributed by atoms with Gasteiger partial charge in [-0.15, -0.1) is 6.58 Å². The highest BCUT2D eigenvalue weighted by Gasteiger charge is 2.08.